The van der Waals surface area contributed by atoms with E-state index < -0.39 is 23.8 Å². The minimum atomic E-state index is -0.699. The molecule has 0 aromatic heterocycles. The van der Waals surface area contributed by atoms with E-state index in [1.807, 2.05) is 4.90 Å². The molecule has 1 aromatic carbocycles. The summed E-state index contributed by atoms with van der Waals surface area (Å²) in [5.41, 5.74) is 0.361. The molecule has 0 saturated carbocycles. The zero-order chi connectivity index (χ0) is 18.9. The predicted octanol–water partition coefficient (Wildman–Crippen LogP) is 1.46. The van der Waals surface area contributed by atoms with Crippen LogP contribution in [0.1, 0.15) is 38.3 Å². The molecule has 0 bridgehead atoms. The molecule has 3 rings (SSSR count). The summed E-state index contributed by atoms with van der Waals surface area (Å²) in [7, 11) is 0. The van der Waals surface area contributed by atoms with Crippen LogP contribution in [-0.2, 0) is 9.53 Å². The lowest BCUT2D eigenvalue weighted by Gasteiger charge is -2.37. The summed E-state index contributed by atoms with van der Waals surface area (Å²) < 4.78 is 19.9. The third-order valence-corrected chi connectivity index (χ3v) is 4.97. The minimum Gasteiger partial charge on any atom is -0.442 e. The Morgan fingerprint density at radius 1 is 1.46 bits per heavy atom. The molecule has 2 fully saturated rings. The van der Waals surface area contributed by atoms with E-state index in [1.54, 1.807) is 19.1 Å². The van der Waals surface area contributed by atoms with Crippen molar-refractivity contribution < 1.29 is 23.8 Å². The number of ether oxygens (including phenoxy) is 1. The smallest absolute Gasteiger partial charge is 0.408 e. The van der Waals surface area contributed by atoms with Crippen LogP contribution < -0.4 is 15.5 Å². The number of hydrogen-bond acceptors (Lipinski definition) is 5. The molecular weight excluding hydrogens is 341 g/mol. The summed E-state index contributed by atoms with van der Waals surface area (Å²) in [4.78, 5) is 24.6. The number of carbonyl (C=O) groups excluding carboxylic acids is 2. The number of piperidine rings is 1. The van der Waals surface area contributed by atoms with Gasteiger partial charge in [0.05, 0.1) is 23.9 Å². The van der Waals surface area contributed by atoms with Crippen LogP contribution >= 0.6 is 0 Å². The maximum Gasteiger partial charge on any atom is 0.408 e. The molecule has 0 aliphatic carbocycles. The topological polar surface area (TPSA) is 90.9 Å². The fourth-order valence-electron chi connectivity index (χ4n) is 3.36. The number of nitrogens with one attached hydrogen (secondary N) is 2. The van der Waals surface area contributed by atoms with Crippen LogP contribution in [0.5, 0.6) is 0 Å². The number of cyclic esters (lactones) is 1. The second-order valence-electron chi connectivity index (χ2n) is 7.20. The maximum absolute atomic E-state index is 14.7. The number of benzene rings is 1. The second-order valence-corrected chi connectivity index (χ2v) is 7.20. The van der Waals surface area contributed by atoms with Gasteiger partial charge in [0.25, 0.3) is 0 Å². The third kappa shape index (κ3) is 4.07. The lowest BCUT2D eigenvalue weighted by Crippen LogP contribution is -2.42. The first kappa shape index (κ1) is 18.4. The Morgan fingerprint density at radius 3 is 2.77 bits per heavy atom. The molecule has 7 nitrogen and oxygen atoms in total. The van der Waals surface area contributed by atoms with Gasteiger partial charge in [0.15, 0.2) is 0 Å². The van der Waals surface area contributed by atoms with Crippen molar-refractivity contribution in [1.82, 2.24) is 10.6 Å². The summed E-state index contributed by atoms with van der Waals surface area (Å²) in [6.07, 6.45) is -0.0197. The molecule has 8 heteroatoms. The molecule has 2 amide bonds. The monoisotopic (exact) mass is 365 g/mol. The Kier molecular flexibility index (Phi) is 5.04. The number of halogens is 1. The van der Waals surface area contributed by atoms with Gasteiger partial charge in [-0.25, -0.2) is 9.18 Å². The number of alkyl carbamates (subject to hydrolysis) is 1. The van der Waals surface area contributed by atoms with Crippen LogP contribution in [0, 0.1) is 5.82 Å². The van der Waals surface area contributed by atoms with Gasteiger partial charge in [-0.3, -0.25) is 4.79 Å². The summed E-state index contributed by atoms with van der Waals surface area (Å²) in [5.74, 6) is -0.613. The van der Waals surface area contributed by atoms with Gasteiger partial charge >= 0.3 is 6.09 Å². The first-order valence-corrected chi connectivity index (χ1v) is 8.73. The first-order chi connectivity index (χ1) is 12.2. The number of nitrogens with zero attached hydrogens (tertiary/aromatic N) is 1. The molecule has 1 aromatic rings. The summed E-state index contributed by atoms with van der Waals surface area (Å²) >= 11 is 0. The molecule has 2 unspecified atom stereocenters. The van der Waals surface area contributed by atoms with Crippen molar-refractivity contribution in [2.45, 2.75) is 44.4 Å². The van der Waals surface area contributed by atoms with Crippen LogP contribution in [0.15, 0.2) is 18.2 Å². The molecule has 0 radical (unpaired) electrons. The Morgan fingerprint density at radius 2 is 2.15 bits per heavy atom. The zero-order valence-electron chi connectivity index (χ0n) is 14.9. The van der Waals surface area contributed by atoms with Crippen molar-refractivity contribution in [3.8, 4) is 0 Å². The molecule has 2 atom stereocenters. The van der Waals surface area contributed by atoms with Crippen molar-refractivity contribution in [3.63, 3.8) is 0 Å². The highest BCUT2D eigenvalue weighted by molar-refractivity contribution is 5.73. The number of amides is 2. The zero-order valence-corrected chi connectivity index (χ0v) is 14.9. The van der Waals surface area contributed by atoms with Gasteiger partial charge in [-0.1, -0.05) is 6.07 Å². The van der Waals surface area contributed by atoms with Crippen LogP contribution in [0.25, 0.3) is 0 Å². The number of anilines is 1. The Bertz CT molecular complexity index is 700. The molecular formula is C18H24FN3O4. The fourth-order valence-corrected chi connectivity index (χ4v) is 3.36. The standard InChI is InChI=1S/C18H24FN3O4/c1-11(23)20-10-15-16(21-17(24)26-15)12-3-4-14(13(19)9-12)22-7-5-18(2,25)6-8-22/h3-4,9,15-16,25H,5-8,10H2,1-2H3,(H,20,23)(H,21,24). The van der Waals surface area contributed by atoms with E-state index in [9.17, 15) is 19.1 Å². The SMILES string of the molecule is CC(=O)NCC1OC(=O)NC1c1ccc(N2CCC(C)(O)CC2)c(F)c1. The van der Waals surface area contributed by atoms with Crippen LogP contribution in [-0.4, -0.2) is 48.4 Å². The van der Waals surface area contributed by atoms with Crippen molar-refractivity contribution in [1.29, 1.82) is 0 Å². The van der Waals surface area contributed by atoms with Gasteiger partial charge in [-0.05, 0) is 37.5 Å². The largest absolute Gasteiger partial charge is 0.442 e. The third-order valence-electron chi connectivity index (χ3n) is 4.97. The second kappa shape index (κ2) is 7.11. The van der Waals surface area contributed by atoms with Crippen LogP contribution in [0.2, 0.25) is 0 Å². The maximum atomic E-state index is 14.7. The van der Waals surface area contributed by atoms with Crippen molar-refractivity contribution >= 4 is 17.7 Å². The van der Waals surface area contributed by atoms with Crippen molar-refractivity contribution in [2.24, 2.45) is 0 Å². The van der Waals surface area contributed by atoms with Crippen molar-refractivity contribution in [3.05, 3.63) is 29.6 Å². The molecule has 2 aliphatic heterocycles. The lowest BCUT2D eigenvalue weighted by atomic mass is 9.93. The van der Waals surface area contributed by atoms with E-state index >= 15 is 0 Å². The van der Waals surface area contributed by atoms with Crippen molar-refractivity contribution in [2.75, 3.05) is 24.5 Å². The van der Waals surface area contributed by atoms with E-state index in [4.69, 9.17) is 4.74 Å². The average molecular weight is 365 g/mol. The van der Waals surface area contributed by atoms with Crippen LogP contribution in [0.4, 0.5) is 14.9 Å². The Labute approximate surface area is 151 Å². The fraction of sp³-hybridized carbons (Fsp3) is 0.556. The number of rotatable bonds is 4. The average Bonchev–Trinajstić information content (AvgIpc) is 2.94. The summed E-state index contributed by atoms with van der Waals surface area (Å²) in [6, 6.07) is 4.30. The number of carbonyl (C=O) groups is 2. The first-order valence-electron chi connectivity index (χ1n) is 8.73. The van der Waals surface area contributed by atoms with Gasteiger partial charge in [0, 0.05) is 20.0 Å². The summed E-state index contributed by atoms with van der Waals surface area (Å²) in [6.45, 7) is 4.49. The van der Waals surface area contributed by atoms with Crippen LogP contribution in [0.3, 0.4) is 0 Å². The van der Waals surface area contributed by atoms with E-state index in [1.165, 1.54) is 13.0 Å². The van der Waals surface area contributed by atoms with Gasteiger partial charge in [0.1, 0.15) is 11.9 Å². The molecule has 3 N–H and O–H groups in total. The van der Waals surface area contributed by atoms with Gasteiger partial charge < -0.3 is 25.4 Å². The molecule has 142 valence electrons. The highest BCUT2D eigenvalue weighted by Crippen LogP contribution is 2.31. The summed E-state index contributed by atoms with van der Waals surface area (Å²) in [5, 5.41) is 15.3. The molecule has 2 saturated heterocycles. The van der Waals surface area contributed by atoms with E-state index in [0.29, 0.717) is 37.2 Å². The highest BCUT2D eigenvalue weighted by Gasteiger charge is 2.36. The number of hydrogen-bond donors (Lipinski definition) is 3. The molecule has 2 heterocycles. The van der Waals surface area contributed by atoms with E-state index in [2.05, 4.69) is 10.6 Å². The number of aliphatic hydroxyl groups is 1. The van der Waals surface area contributed by atoms with E-state index in [0.717, 1.165) is 0 Å². The Balaban J connectivity index is 1.74. The Hall–Kier alpha value is -2.35. The quantitative estimate of drug-likeness (QED) is 0.752. The van der Waals surface area contributed by atoms with Gasteiger partial charge in [0.2, 0.25) is 5.91 Å². The predicted molar refractivity (Wildman–Crippen MR) is 93.3 cm³/mol. The van der Waals surface area contributed by atoms with E-state index in [-0.39, 0.29) is 18.3 Å². The lowest BCUT2D eigenvalue weighted by molar-refractivity contribution is -0.119. The minimum absolute atomic E-state index is 0.156. The van der Waals surface area contributed by atoms with Gasteiger partial charge in [-0.2, -0.15) is 0 Å². The highest BCUT2D eigenvalue weighted by atomic mass is 19.1. The molecule has 0 spiro atoms. The normalized spacial score (nSPS) is 24.8. The molecule has 26 heavy (non-hydrogen) atoms. The molecule has 2 aliphatic rings. The van der Waals surface area contributed by atoms with Gasteiger partial charge in [-0.15, -0.1) is 0 Å².